The second-order valence-corrected chi connectivity index (χ2v) is 7.14. The van der Waals surface area contributed by atoms with Gasteiger partial charge in [0.2, 0.25) is 11.8 Å². The number of anilines is 1. The van der Waals surface area contributed by atoms with Crippen LogP contribution in [-0.2, 0) is 11.3 Å². The average molecular weight is 398 g/mol. The van der Waals surface area contributed by atoms with Crippen LogP contribution in [0, 0.1) is 6.92 Å². The van der Waals surface area contributed by atoms with Gasteiger partial charge in [-0.3, -0.25) is 9.69 Å². The van der Waals surface area contributed by atoms with Gasteiger partial charge in [0.15, 0.2) is 5.76 Å². The molecule has 146 valence electrons. The number of oxazole rings is 1. The molecule has 1 amide bonds. The summed E-state index contributed by atoms with van der Waals surface area (Å²) in [6.07, 6.45) is 2.62. The second-order valence-electron chi connectivity index (χ2n) is 6.70. The second kappa shape index (κ2) is 9.53. The van der Waals surface area contributed by atoms with Crippen LogP contribution in [0.15, 0.2) is 59.1 Å². The lowest BCUT2D eigenvalue weighted by molar-refractivity contribution is -0.117. The quantitative estimate of drug-likeness (QED) is 0.570. The number of hydrogen-bond acceptors (Lipinski definition) is 4. The molecule has 6 heteroatoms. The number of benzene rings is 2. The molecule has 0 bridgehead atoms. The van der Waals surface area contributed by atoms with Gasteiger partial charge < -0.3 is 9.73 Å². The molecule has 0 aliphatic carbocycles. The van der Waals surface area contributed by atoms with Crippen LogP contribution in [0.5, 0.6) is 0 Å². The molecular weight excluding hydrogens is 374 g/mol. The van der Waals surface area contributed by atoms with Gasteiger partial charge in [-0.2, -0.15) is 0 Å². The average Bonchev–Trinajstić information content (AvgIpc) is 3.12. The van der Waals surface area contributed by atoms with Crippen LogP contribution in [0.3, 0.4) is 0 Å². The normalized spacial score (nSPS) is 11.0. The summed E-state index contributed by atoms with van der Waals surface area (Å²) in [7, 11) is 0. The number of aromatic nitrogens is 1. The lowest BCUT2D eigenvalue weighted by Crippen LogP contribution is -2.33. The number of carbonyl (C=O) groups is 1. The number of amides is 1. The molecule has 1 N–H and O–H groups in total. The Hall–Kier alpha value is -2.63. The summed E-state index contributed by atoms with van der Waals surface area (Å²) < 4.78 is 5.88. The first-order chi connectivity index (χ1) is 13.5. The molecule has 1 aromatic heterocycles. The predicted octanol–water partition coefficient (Wildman–Crippen LogP) is 5.15. The fraction of sp³-hybridized carbons (Fsp3) is 0.273. The highest BCUT2D eigenvalue weighted by molar-refractivity contribution is 6.30. The molecule has 0 radical (unpaired) electrons. The summed E-state index contributed by atoms with van der Waals surface area (Å²) in [4.78, 5) is 18.9. The van der Waals surface area contributed by atoms with Gasteiger partial charge in [-0.05, 0) is 43.7 Å². The van der Waals surface area contributed by atoms with E-state index in [1.807, 2.05) is 60.4 Å². The van der Waals surface area contributed by atoms with E-state index in [9.17, 15) is 4.79 Å². The van der Waals surface area contributed by atoms with Gasteiger partial charge in [-0.1, -0.05) is 48.9 Å². The highest BCUT2D eigenvalue weighted by atomic mass is 35.5. The van der Waals surface area contributed by atoms with Crippen LogP contribution in [0.2, 0.25) is 5.02 Å². The SMILES string of the molecule is CCCN(CC(=O)Nc1ccccc1C)Cc1ncc(-c2cccc(Cl)c2)o1. The Morgan fingerprint density at radius 1 is 1.21 bits per heavy atom. The fourth-order valence-electron chi connectivity index (χ4n) is 2.99. The Bertz CT molecular complexity index is 939. The lowest BCUT2D eigenvalue weighted by atomic mass is 10.2. The van der Waals surface area contributed by atoms with E-state index in [-0.39, 0.29) is 12.5 Å². The van der Waals surface area contributed by atoms with Crippen LogP contribution in [0.4, 0.5) is 5.69 Å². The Morgan fingerprint density at radius 3 is 2.79 bits per heavy atom. The Labute approximate surface area is 170 Å². The fourth-order valence-corrected chi connectivity index (χ4v) is 3.18. The molecule has 0 aliphatic rings. The highest BCUT2D eigenvalue weighted by Gasteiger charge is 2.15. The smallest absolute Gasteiger partial charge is 0.238 e. The van der Waals surface area contributed by atoms with Gasteiger partial charge in [-0.25, -0.2) is 4.98 Å². The van der Waals surface area contributed by atoms with E-state index in [1.54, 1.807) is 6.20 Å². The Balaban J connectivity index is 1.64. The Morgan fingerprint density at radius 2 is 2.04 bits per heavy atom. The van der Waals surface area contributed by atoms with Crippen LogP contribution in [-0.4, -0.2) is 28.9 Å². The number of aryl methyl sites for hydroxylation is 1. The number of carbonyl (C=O) groups excluding carboxylic acids is 1. The van der Waals surface area contributed by atoms with Gasteiger partial charge in [-0.15, -0.1) is 0 Å². The number of hydrogen-bond donors (Lipinski definition) is 1. The van der Waals surface area contributed by atoms with Crippen molar-refractivity contribution in [3.63, 3.8) is 0 Å². The maximum absolute atomic E-state index is 12.5. The maximum atomic E-state index is 12.5. The van der Waals surface area contributed by atoms with E-state index < -0.39 is 0 Å². The molecule has 2 aromatic carbocycles. The van der Waals surface area contributed by atoms with Crippen molar-refractivity contribution in [3.8, 4) is 11.3 Å². The summed E-state index contributed by atoms with van der Waals surface area (Å²) in [5.41, 5.74) is 2.76. The highest BCUT2D eigenvalue weighted by Crippen LogP contribution is 2.24. The first kappa shape index (κ1) is 20.1. The number of nitrogens with one attached hydrogen (secondary N) is 1. The van der Waals surface area contributed by atoms with Crippen molar-refractivity contribution < 1.29 is 9.21 Å². The molecule has 0 unspecified atom stereocenters. The van der Waals surface area contributed by atoms with Gasteiger partial charge in [0.25, 0.3) is 0 Å². The first-order valence-electron chi connectivity index (χ1n) is 9.33. The number of para-hydroxylation sites is 1. The molecule has 1 heterocycles. The summed E-state index contributed by atoms with van der Waals surface area (Å²) in [6.45, 7) is 5.57. The zero-order valence-corrected chi connectivity index (χ0v) is 16.9. The third-order valence-corrected chi connectivity index (χ3v) is 4.58. The molecule has 0 fully saturated rings. The minimum absolute atomic E-state index is 0.0515. The number of rotatable bonds is 8. The summed E-state index contributed by atoms with van der Waals surface area (Å²) in [5.74, 6) is 1.19. The lowest BCUT2D eigenvalue weighted by Gasteiger charge is -2.19. The molecule has 0 saturated carbocycles. The molecule has 28 heavy (non-hydrogen) atoms. The van der Waals surface area contributed by atoms with Crippen molar-refractivity contribution in [2.45, 2.75) is 26.8 Å². The van der Waals surface area contributed by atoms with E-state index in [0.717, 1.165) is 29.8 Å². The van der Waals surface area contributed by atoms with Gasteiger partial charge >= 0.3 is 0 Å². The molecule has 0 atom stereocenters. The van der Waals surface area contributed by atoms with Crippen molar-refractivity contribution >= 4 is 23.2 Å². The van der Waals surface area contributed by atoms with E-state index >= 15 is 0 Å². The Kier molecular flexibility index (Phi) is 6.85. The molecule has 0 aliphatic heterocycles. The van der Waals surface area contributed by atoms with Crippen molar-refractivity contribution in [3.05, 3.63) is 71.2 Å². The minimum Gasteiger partial charge on any atom is -0.439 e. The number of nitrogens with zero attached hydrogens (tertiary/aromatic N) is 2. The van der Waals surface area contributed by atoms with E-state index in [0.29, 0.717) is 23.2 Å². The number of halogens is 1. The molecule has 0 saturated heterocycles. The third-order valence-electron chi connectivity index (χ3n) is 4.35. The van der Waals surface area contributed by atoms with Crippen molar-refractivity contribution in [2.24, 2.45) is 0 Å². The van der Waals surface area contributed by atoms with Crippen molar-refractivity contribution in [1.29, 1.82) is 0 Å². The van der Waals surface area contributed by atoms with E-state index in [2.05, 4.69) is 17.2 Å². The predicted molar refractivity (Wildman–Crippen MR) is 112 cm³/mol. The maximum Gasteiger partial charge on any atom is 0.238 e. The van der Waals surface area contributed by atoms with Crippen LogP contribution < -0.4 is 5.32 Å². The largest absolute Gasteiger partial charge is 0.439 e. The zero-order chi connectivity index (χ0) is 19.9. The van der Waals surface area contributed by atoms with Crippen LogP contribution >= 0.6 is 11.6 Å². The minimum atomic E-state index is -0.0515. The summed E-state index contributed by atoms with van der Waals surface area (Å²) >= 11 is 6.05. The monoisotopic (exact) mass is 397 g/mol. The van der Waals surface area contributed by atoms with Crippen LogP contribution in [0.1, 0.15) is 24.8 Å². The van der Waals surface area contributed by atoms with E-state index in [4.69, 9.17) is 16.0 Å². The summed E-state index contributed by atoms with van der Waals surface area (Å²) in [5, 5.41) is 3.62. The topological polar surface area (TPSA) is 58.4 Å². The molecule has 5 nitrogen and oxygen atoms in total. The third kappa shape index (κ3) is 5.44. The van der Waals surface area contributed by atoms with E-state index in [1.165, 1.54) is 0 Å². The van der Waals surface area contributed by atoms with Crippen LogP contribution in [0.25, 0.3) is 11.3 Å². The zero-order valence-electron chi connectivity index (χ0n) is 16.1. The molecule has 3 rings (SSSR count). The van der Waals surface area contributed by atoms with Gasteiger partial charge in [0, 0.05) is 16.3 Å². The van der Waals surface area contributed by atoms with Gasteiger partial charge in [0.05, 0.1) is 19.3 Å². The molecule has 3 aromatic rings. The summed E-state index contributed by atoms with van der Waals surface area (Å²) in [6, 6.07) is 15.2. The van der Waals surface area contributed by atoms with Crippen molar-refractivity contribution in [1.82, 2.24) is 9.88 Å². The molecule has 0 spiro atoms. The first-order valence-corrected chi connectivity index (χ1v) is 9.71. The standard InChI is InChI=1S/C22H24ClN3O2/c1-3-11-26(14-21(27)25-19-10-5-4-7-16(19)2)15-22-24-13-20(28-22)17-8-6-9-18(23)12-17/h4-10,12-13H,3,11,14-15H2,1-2H3,(H,25,27). The van der Waals surface area contributed by atoms with Crippen molar-refractivity contribution in [2.75, 3.05) is 18.4 Å². The molecular formula is C22H24ClN3O2. The van der Waals surface area contributed by atoms with Gasteiger partial charge in [0.1, 0.15) is 0 Å².